The molecule has 0 radical (unpaired) electrons. The predicted octanol–water partition coefficient (Wildman–Crippen LogP) is 4.02. The third-order valence-electron chi connectivity index (χ3n) is 4.65. The first kappa shape index (κ1) is 19.2. The van der Waals surface area contributed by atoms with E-state index in [1.54, 1.807) is 0 Å². The van der Waals surface area contributed by atoms with E-state index in [-0.39, 0.29) is 5.91 Å². The molecule has 1 aromatic heterocycles. The lowest BCUT2D eigenvalue weighted by atomic mass is 10.1. The Kier molecular flexibility index (Phi) is 6.40. The van der Waals surface area contributed by atoms with Crippen LogP contribution in [0.25, 0.3) is 0 Å². The molecule has 1 amide bonds. The molecule has 1 N–H and O–H groups in total. The molecule has 0 unspecified atom stereocenters. The summed E-state index contributed by atoms with van der Waals surface area (Å²) < 4.78 is 2.07. The van der Waals surface area contributed by atoms with Gasteiger partial charge in [-0.3, -0.25) is 9.48 Å². The minimum absolute atomic E-state index is 0.0929. The molecule has 0 fully saturated rings. The van der Waals surface area contributed by atoms with Crippen LogP contribution in [0.1, 0.15) is 53.9 Å². The summed E-state index contributed by atoms with van der Waals surface area (Å²) in [5.74, 6) is 0.655. The van der Waals surface area contributed by atoms with Gasteiger partial charge in [-0.05, 0) is 56.7 Å². The van der Waals surface area contributed by atoms with Crippen LogP contribution in [0.15, 0.2) is 18.2 Å². The third kappa shape index (κ3) is 5.18. The van der Waals surface area contributed by atoms with Gasteiger partial charge in [0.1, 0.15) is 0 Å². The van der Waals surface area contributed by atoms with Gasteiger partial charge >= 0.3 is 0 Å². The lowest BCUT2D eigenvalue weighted by Gasteiger charge is -2.10. The second-order valence-electron chi connectivity index (χ2n) is 7.43. The van der Waals surface area contributed by atoms with Gasteiger partial charge in [-0.2, -0.15) is 5.10 Å². The minimum atomic E-state index is 0.0929. The highest BCUT2D eigenvalue weighted by Crippen LogP contribution is 2.17. The molecule has 0 saturated heterocycles. The van der Waals surface area contributed by atoms with Crippen molar-refractivity contribution in [3.05, 3.63) is 51.8 Å². The number of hydrogen-bond donors (Lipinski definition) is 1. The predicted molar refractivity (Wildman–Crippen MR) is 103 cm³/mol. The summed E-state index contributed by atoms with van der Waals surface area (Å²) in [6.45, 7) is 14.2. The molecule has 0 aliphatic rings. The van der Waals surface area contributed by atoms with Crippen LogP contribution in [0.3, 0.4) is 0 Å². The summed E-state index contributed by atoms with van der Waals surface area (Å²) >= 11 is 0. The SMILES string of the molecule is Cc1ccc(CNC(=O)CCc2c(C)nn(CC(C)C)c2C)c(C)c1. The van der Waals surface area contributed by atoms with Crippen LogP contribution in [-0.2, 0) is 24.3 Å². The molecule has 0 atom stereocenters. The number of hydrogen-bond acceptors (Lipinski definition) is 2. The molecule has 0 spiro atoms. The van der Waals surface area contributed by atoms with Crippen LogP contribution >= 0.6 is 0 Å². The van der Waals surface area contributed by atoms with Crippen LogP contribution in [0, 0.1) is 33.6 Å². The Morgan fingerprint density at radius 3 is 2.56 bits per heavy atom. The highest BCUT2D eigenvalue weighted by molar-refractivity contribution is 5.76. The highest BCUT2D eigenvalue weighted by atomic mass is 16.1. The molecular weight excluding hydrogens is 310 g/mol. The number of benzene rings is 1. The van der Waals surface area contributed by atoms with Gasteiger partial charge in [-0.15, -0.1) is 0 Å². The third-order valence-corrected chi connectivity index (χ3v) is 4.65. The summed E-state index contributed by atoms with van der Waals surface area (Å²) in [6.07, 6.45) is 1.24. The molecule has 1 heterocycles. The topological polar surface area (TPSA) is 46.9 Å². The zero-order valence-corrected chi connectivity index (χ0v) is 16.4. The molecule has 136 valence electrons. The second-order valence-corrected chi connectivity index (χ2v) is 7.43. The molecule has 0 aliphatic carbocycles. The molecule has 4 nitrogen and oxygen atoms in total. The van der Waals surface area contributed by atoms with E-state index in [1.807, 2.05) is 6.92 Å². The quantitative estimate of drug-likeness (QED) is 0.827. The number of rotatable bonds is 7. The summed E-state index contributed by atoms with van der Waals surface area (Å²) in [4.78, 5) is 12.2. The van der Waals surface area contributed by atoms with Crippen molar-refractivity contribution in [3.8, 4) is 0 Å². The van der Waals surface area contributed by atoms with E-state index in [4.69, 9.17) is 0 Å². The summed E-state index contributed by atoms with van der Waals surface area (Å²) in [5.41, 5.74) is 7.09. The average Bonchev–Trinajstić information content (AvgIpc) is 2.78. The van der Waals surface area contributed by atoms with Crippen molar-refractivity contribution in [1.82, 2.24) is 15.1 Å². The first-order valence-corrected chi connectivity index (χ1v) is 9.13. The normalized spacial score (nSPS) is 11.2. The molecular formula is C21H31N3O. The van der Waals surface area contributed by atoms with E-state index < -0.39 is 0 Å². The van der Waals surface area contributed by atoms with Gasteiger partial charge in [0.05, 0.1) is 5.69 Å². The number of nitrogens with zero attached hydrogens (tertiary/aromatic N) is 2. The molecule has 0 aliphatic heterocycles. The van der Waals surface area contributed by atoms with Gasteiger partial charge in [-0.25, -0.2) is 0 Å². The molecule has 0 saturated carbocycles. The van der Waals surface area contributed by atoms with E-state index in [1.165, 1.54) is 27.9 Å². The van der Waals surface area contributed by atoms with Crippen molar-refractivity contribution in [2.45, 2.75) is 67.5 Å². The van der Waals surface area contributed by atoms with Gasteiger partial charge in [0.25, 0.3) is 0 Å². The van der Waals surface area contributed by atoms with Gasteiger partial charge in [-0.1, -0.05) is 37.6 Å². The van der Waals surface area contributed by atoms with E-state index in [2.05, 4.69) is 67.9 Å². The minimum Gasteiger partial charge on any atom is -0.352 e. The molecule has 0 bridgehead atoms. The van der Waals surface area contributed by atoms with Crippen molar-refractivity contribution in [1.29, 1.82) is 0 Å². The number of carbonyl (C=O) groups excluding carboxylic acids is 1. The fraction of sp³-hybridized carbons (Fsp3) is 0.524. The monoisotopic (exact) mass is 341 g/mol. The Bertz CT molecular complexity index is 744. The van der Waals surface area contributed by atoms with Gasteiger partial charge < -0.3 is 5.32 Å². The van der Waals surface area contributed by atoms with Crippen LogP contribution in [-0.4, -0.2) is 15.7 Å². The van der Waals surface area contributed by atoms with Crippen LogP contribution in [0.4, 0.5) is 0 Å². The Hall–Kier alpha value is -2.10. The van der Waals surface area contributed by atoms with Crippen molar-refractivity contribution >= 4 is 5.91 Å². The van der Waals surface area contributed by atoms with Crippen LogP contribution < -0.4 is 5.32 Å². The largest absolute Gasteiger partial charge is 0.352 e. The maximum absolute atomic E-state index is 12.2. The van der Waals surface area contributed by atoms with Crippen molar-refractivity contribution in [2.75, 3.05) is 0 Å². The molecule has 2 rings (SSSR count). The Balaban J connectivity index is 1.91. The number of amides is 1. The first-order valence-electron chi connectivity index (χ1n) is 9.13. The second kappa shape index (κ2) is 8.32. The van der Waals surface area contributed by atoms with Crippen LogP contribution in [0.2, 0.25) is 0 Å². The molecule has 4 heteroatoms. The summed E-state index contributed by atoms with van der Waals surface area (Å²) in [6, 6.07) is 6.33. The Morgan fingerprint density at radius 2 is 1.92 bits per heavy atom. The Labute approximate surface area is 151 Å². The van der Waals surface area contributed by atoms with Crippen molar-refractivity contribution < 1.29 is 4.79 Å². The van der Waals surface area contributed by atoms with Gasteiger partial charge in [0, 0.05) is 25.2 Å². The summed E-state index contributed by atoms with van der Waals surface area (Å²) in [7, 11) is 0. The molecule has 1 aromatic carbocycles. The fourth-order valence-electron chi connectivity index (χ4n) is 3.18. The standard InChI is InChI=1S/C21H31N3O/c1-14(2)13-24-18(6)20(17(5)23-24)9-10-21(25)22-12-19-8-7-15(3)11-16(19)4/h7-8,11,14H,9-10,12-13H2,1-6H3,(H,22,25). The number of aryl methyl sites for hydroxylation is 3. The smallest absolute Gasteiger partial charge is 0.220 e. The number of nitrogens with one attached hydrogen (secondary N) is 1. The number of carbonyl (C=O) groups is 1. The maximum atomic E-state index is 12.2. The summed E-state index contributed by atoms with van der Waals surface area (Å²) in [5, 5.41) is 7.67. The van der Waals surface area contributed by atoms with Crippen molar-refractivity contribution in [3.63, 3.8) is 0 Å². The maximum Gasteiger partial charge on any atom is 0.220 e. The lowest BCUT2D eigenvalue weighted by molar-refractivity contribution is -0.121. The lowest BCUT2D eigenvalue weighted by Crippen LogP contribution is -2.23. The van der Waals surface area contributed by atoms with E-state index >= 15 is 0 Å². The Morgan fingerprint density at radius 1 is 1.20 bits per heavy atom. The van der Waals surface area contributed by atoms with Crippen molar-refractivity contribution in [2.24, 2.45) is 5.92 Å². The highest BCUT2D eigenvalue weighted by Gasteiger charge is 2.14. The first-order chi connectivity index (χ1) is 11.8. The zero-order valence-electron chi connectivity index (χ0n) is 16.4. The zero-order chi connectivity index (χ0) is 18.6. The fourth-order valence-corrected chi connectivity index (χ4v) is 3.18. The molecule has 25 heavy (non-hydrogen) atoms. The van der Waals surface area contributed by atoms with Gasteiger partial charge in [0.2, 0.25) is 5.91 Å². The van der Waals surface area contributed by atoms with E-state index in [0.717, 1.165) is 18.7 Å². The number of aromatic nitrogens is 2. The van der Waals surface area contributed by atoms with E-state index in [9.17, 15) is 4.79 Å². The van der Waals surface area contributed by atoms with Crippen LogP contribution in [0.5, 0.6) is 0 Å². The van der Waals surface area contributed by atoms with Gasteiger partial charge in [0.15, 0.2) is 0 Å². The molecule has 2 aromatic rings. The van der Waals surface area contributed by atoms with E-state index in [0.29, 0.717) is 18.9 Å². The average molecular weight is 341 g/mol.